The van der Waals surface area contributed by atoms with Gasteiger partial charge in [0.2, 0.25) is 0 Å². The van der Waals surface area contributed by atoms with Crippen LogP contribution in [0.3, 0.4) is 0 Å². The number of hydrogen-bond acceptors (Lipinski definition) is 5. The Morgan fingerprint density at radius 1 is 1.29 bits per heavy atom. The summed E-state index contributed by atoms with van der Waals surface area (Å²) >= 11 is 0. The maximum atomic E-state index is 12.1. The first-order valence-corrected chi connectivity index (χ1v) is 8.08. The van der Waals surface area contributed by atoms with E-state index in [-0.39, 0.29) is 12.0 Å². The number of morpholine rings is 1. The molecule has 1 fully saturated rings. The monoisotopic (exact) mass is 326 g/mol. The second kappa shape index (κ2) is 7.90. The van der Waals surface area contributed by atoms with Crippen LogP contribution in [0.1, 0.15) is 16.1 Å². The van der Waals surface area contributed by atoms with Gasteiger partial charge in [-0.1, -0.05) is 30.3 Å². The van der Waals surface area contributed by atoms with Gasteiger partial charge in [0.1, 0.15) is 5.69 Å². The van der Waals surface area contributed by atoms with E-state index in [1.54, 1.807) is 12.1 Å². The summed E-state index contributed by atoms with van der Waals surface area (Å²) in [5, 5.41) is 2.88. The van der Waals surface area contributed by atoms with Crippen LogP contribution in [0.5, 0.6) is 0 Å². The van der Waals surface area contributed by atoms with E-state index in [4.69, 9.17) is 10.5 Å². The molecule has 1 aliphatic rings. The van der Waals surface area contributed by atoms with Crippen molar-refractivity contribution in [3.63, 3.8) is 0 Å². The van der Waals surface area contributed by atoms with Gasteiger partial charge in [-0.25, -0.2) is 4.98 Å². The lowest BCUT2D eigenvalue weighted by Crippen LogP contribution is -2.47. The van der Waals surface area contributed by atoms with Crippen LogP contribution < -0.4 is 11.1 Å². The molecule has 0 spiro atoms. The Bertz CT molecular complexity index is 660. The lowest BCUT2D eigenvalue weighted by Gasteiger charge is -2.33. The number of pyridine rings is 1. The molecule has 24 heavy (non-hydrogen) atoms. The van der Waals surface area contributed by atoms with E-state index in [1.165, 1.54) is 11.8 Å². The summed E-state index contributed by atoms with van der Waals surface area (Å²) in [5.41, 5.74) is 7.76. The van der Waals surface area contributed by atoms with Crippen molar-refractivity contribution in [2.24, 2.45) is 0 Å². The predicted octanol–water partition coefficient (Wildman–Crippen LogP) is 1.29. The summed E-state index contributed by atoms with van der Waals surface area (Å²) in [5.74, 6) is -0.209. The Kier molecular flexibility index (Phi) is 5.40. The van der Waals surface area contributed by atoms with Crippen LogP contribution >= 0.6 is 0 Å². The van der Waals surface area contributed by atoms with Crippen LogP contribution in [0.25, 0.3) is 0 Å². The number of nitrogens with one attached hydrogen (secondary N) is 1. The molecular formula is C18H22N4O2. The number of hydrogen-bond donors (Lipinski definition) is 2. The quantitative estimate of drug-likeness (QED) is 0.865. The van der Waals surface area contributed by atoms with E-state index in [9.17, 15) is 4.79 Å². The maximum absolute atomic E-state index is 12.1. The predicted molar refractivity (Wildman–Crippen MR) is 92.4 cm³/mol. The van der Waals surface area contributed by atoms with E-state index >= 15 is 0 Å². The second-order valence-corrected chi connectivity index (χ2v) is 5.90. The Morgan fingerprint density at radius 2 is 2.12 bits per heavy atom. The molecular weight excluding hydrogens is 304 g/mol. The van der Waals surface area contributed by atoms with Gasteiger partial charge in [0, 0.05) is 26.2 Å². The lowest BCUT2D eigenvalue weighted by molar-refractivity contribution is -0.0292. The molecule has 1 aliphatic heterocycles. The molecule has 0 aliphatic carbocycles. The molecule has 0 saturated carbocycles. The highest BCUT2D eigenvalue weighted by molar-refractivity contribution is 5.92. The minimum Gasteiger partial charge on any atom is -0.397 e. The second-order valence-electron chi connectivity index (χ2n) is 5.90. The number of carbonyl (C=O) groups excluding carboxylic acids is 1. The number of anilines is 1. The zero-order valence-corrected chi connectivity index (χ0v) is 13.5. The third kappa shape index (κ3) is 4.53. The van der Waals surface area contributed by atoms with Gasteiger partial charge in [0.15, 0.2) is 0 Å². The third-order valence-electron chi connectivity index (χ3n) is 3.98. The largest absolute Gasteiger partial charge is 0.397 e. The molecule has 126 valence electrons. The highest BCUT2D eigenvalue weighted by Crippen LogP contribution is 2.10. The number of aromatic nitrogens is 1. The first-order chi connectivity index (χ1) is 11.7. The number of nitrogens with two attached hydrogens (primary N) is 1. The van der Waals surface area contributed by atoms with Gasteiger partial charge in [-0.15, -0.1) is 0 Å². The highest BCUT2D eigenvalue weighted by Gasteiger charge is 2.21. The summed E-state index contributed by atoms with van der Waals surface area (Å²) in [6.07, 6.45) is 1.47. The number of nitrogens with zero attached hydrogens (tertiary/aromatic N) is 2. The molecule has 3 rings (SSSR count). The van der Waals surface area contributed by atoms with Crippen LogP contribution in [0.4, 0.5) is 5.69 Å². The van der Waals surface area contributed by atoms with Gasteiger partial charge >= 0.3 is 0 Å². The summed E-state index contributed by atoms with van der Waals surface area (Å²) in [4.78, 5) is 18.5. The summed E-state index contributed by atoms with van der Waals surface area (Å²) in [6, 6.07) is 13.7. The average Bonchev–Trinajstić information content (AvgIpc) is 2.61. The number of benzene rings is 1. The lowest BCUT2D eigenvalue weighted by atomic mass is 10.2. The molecule has 1 saturated heterocycles. The topological polar surface area (TPSA) is 80.5 Å². The third-order valence-corrected chi connectivity index (χ3v) is 3.98. The van der Waals surface area contributed by atoms with E-state index < -0.39 is 0 Å². The van der Waals surface area contributed by atoms with E-state index in [2.05, 4.69) is 27.3 Å². The zero-order chi connectivity index (χ0) is 16.8. The van der Waals surface area contributed by atoms with Gasteiger partial charge in [0.25, 0.3) is 5.91 Å². The fraction of sp³-hybridized carbons (Fsp3) is 0.333. The molecule has 1 atom stereocenters. The van der Waals surface area contributed by atoms with Crippen LogP contribution in [0, 0.1) is 0 Å². The fourth-order valence-corrected chi connectivity index (χ4v) is 2.73. The Morgan fingerprint density at radius 3 is 2.88 bits per heavy atom. The highest BCUT2D eigenvalue weighted by atomic mass is 16.5. The normalized spacial score (nSPS) is 18.2. The van der Waals surface area contributed by atoms with Crippen molar-refractivity contribution < 1.29 is 9.53 Å². The number of carbonyl (C=O) groups is 1. The van der Waals surface area contributed by atoms with Crippen LogP contribution in [0.2, 0.25) is 0 Å². The standard InChI is InChI=1S/C18H22N4O2/c19-15-6-7-17(20-10-15)18(23)21-11-16-13-22(8-9-24-16)12-14-4-2-1-3-5-14/h1-7,10,16H,8-9,11-13,19H2,(H,21,23). The van der Waals surface area contributed by atoms with Crippen molar-refractivity contribution in [1.82, 2.24) is 15.2 Å². The SMILES string of the molecule is Nc1ccc(C(=O)NCC2CN(Cc3ccccc3)CCO2)nc1. The minimum absolute atomic E-state index is 0.0137. The van der Waals surface area contributed by atoms with Gasteiger partial charge < -0.3 is 15.8 Å². The van der Waals surface area contributed by atoms with Crippen LogP contribution in [-0.4, -0.2) is 48.1 Å². The van der Waals surface area contributed by atoms with Gasteiger partial charge in [-0.05, 0) is 17.7 Å². The fourth-order valence-electron chi connectivity index (χ4n) is 2.73. The molecule has 3 N–H and O–H groups in total. The van der Waals surface area contributed by atoms with Gasteiger partial charge in [0.05, 0.1) is 24.6 Å². The molecule has 2 heterocycles. The average molecular weight is 326 g/mol. The van der Waals surface area contributed by atoms with Gasteiger partial charge in [-0.2, -0.15) is 0 Å². The van der Waals surface area contributed by atoms with E-state index in [0.717, 1.165) is 19.6 Å². The number of amides is 1. The molecule has 1 aromatic heterocycles. The Balaban J connectivity index is 1.48. The molecule has 1 aromatic carbocycles. The van der Waals surface area contributed by atoms with Crippen LogP contribution in [-0.2, 0) is 11.3 Å². The zero-order valence-electron chi connectivity index (χ0n) is 13.5. The smallest absolute Gasteiger partial charge is 0.269 e. The molecule has 1 unspecified atom stereocenters. The number of nitrogen functional groups attached to an aromatic ring is 1. The van der Waals surface area contributed by atoms with Crippen molar-refractivity contribution in [1.29, 1.82) is 0 Å². The summed E-state index contributed by atoms with van der Waals surface area (Å²) in [6.45, 7) is 3.74. The van der Waals surface area contributed by atoms with Crippen molar-refractivity contribution >= 4 is 11.6 Å². The first-order valence-electron chi connectivity index (χ1n) is 8.08. The van der Waals surface area contributed by atoms with Crippen molar-refractivity contribution in [2.45, 2.75) is 12.6 Å². The maximum Gasteiger partial charge on any atom is 0.269 e. The van der Waals surface area contributed by atoms with Gasteiger partial charge in [-0.3, -0.25) is 9.69 Å². The number of ether oxygens (including phenoxy) is 1. The molecule has 6 heteroatoms. The first kappa shape index (κ1) is 16.4. The Labute approximate surface area is 141 Å². The summed E-state index contributed by atoms with van der Waals surface area (Å²) < 4.78 is 5.75. The van der Waals surface area contributed by atoms with Crippen molar-refractivity contribution in [2.75, 3.05) is 32.0 Å². The summed E-state index contributed by atoms with van der Waals surface area (Å²) in [7, 11) is 0. The minimum atomic E-state index is -0.209. The van der Waals surface area contributed by atoms with E-state index in [1.807, 2.05) is 18.2 Å². The van der Waals surface area contributed by atoms with Crippen molar-refractivity contribution in [3.8, 4) is 0 Å². The number of rotatable bonds is 5. The molecule has 1 amide bonds. The van der Waals surface area contributed by atoms with Crippen LogP contribution in [0.15, 0.2) is 48.7 Å². The Hall–Kier alpha value is -2.44. The van der Waals surface area contributed by atoms with E-state index in [0.29, 0.717) is 24.5 Å². The molecule has 2 aromatic rings. The molecule has 6 nitrogen and oxygen atoms in total. The van der Waals surface area contributed by atoms with Crippen molar-refractivity contribution in [3.05, 3.63) is 59.9 Å². The molecule has 0 bridgehead atoms. The molecule has 0 radical (unpaired) electrons.